The fourth-order valence-corrected chi connectivity index (χ4v) is 4.33. The van der Waals surface area contributed by atoms with Crippen molar-refractivity contribution in [1.29, 1.82) is 5.41 Å². The first-order chi connectivity index (χ1) is 15.0. The van der Waals surface area contributed by atoms with Crippen molar-refractivity contribution in [1.82, 2.24) is 4.90 Å². The molecule has 8 nitrogen and oxygen atoms in total. The molecule has 0 saturated carbocycles. The molecule has 1 aliphatic rings. The minimum Gasteiger partial charge on any atom is -0.338 e. The quantitative estimate of drug-likeness (QED) is 0.404. The summed E-state index contributed by atoms with van der Waals surface area (Å²) in [5.74, 6) is -1.47. The molecule has 2 aromatic carbocycles. The van der Waals surface area contributed by atoms with Crippen LogP contribution in [0, 0.1) is 17.1 Å². The molecule has 0 unspecified atom stereocenters. The zero-order chi connectivity index (χ0) is 23.5. The third kappa shape index (κ3) is 5.92. The molecule has 0 bridgehead atoms. The number of carbonyl (C=O) groups is 2. The summed E-state index contributed by atoms with van der Waals surface area (Å²) in [6, 6.07) is 9.67. The normalized spacial score (nSPS) is 14.7. The number of benzene rings is 2. The van der Waals surface area contributed by atoms with Gasteiger partial charge in [-0.15, -0.1) is 0 Å². The summed E-state index contributed by atoms with van der Waals surface area (Å²) in [5, 5.41) is 13.4. The molecule has 3 N–H and O–H groups in total. The lowest BCUT2D eigenvalue weighted by atomic mass is 9.92. The van der Waals surface area contributed by atoms with Gasteiger partial charge in [0.1, 0.15) is 5.82 Å². The second-order valence-corrected chi connectivity index (χ2v) is 10.4. The summed E-state index contributed by atoms with van der Waals surface area (Å²) in [6.07, 6.45) is 1.94. The fourth-order valence-electron chi connectivity index (χ4n) is 3.32. The zero-order valence-electron chi connectivity index (χ0n) is 17.2. The maximum absolute atomic E-state index is 13.3. The van der Waals surface area contributed by atoms with Crippen molar-refractivity contribution in [3.05, 3.63) is 52.8 Å². The number of sulfone groups is 1. The molecule has 2 aromatic rings. The number of likely N-dealkylation sites (tertiary alicyclic amines) is 1. The van der Waals surface area contributed by atoms with Gasteiger partial charge in [0.25, 0.3) is 0 Å². The summed E-state index contributed by atoms with van der Waals surface area (Å²) >= 11 is 3.06. The Morgan fingerprint density at radius 3 is 2.22 bits per heavy atom. The Morgan fingerprint density at radius 2 is 1.66 bits per heavy atom. The number of ketones is 1. The number of hydrogen-bond donors (Lipinski definition) is 3. The number of anilines is 2. The molecule has 0 aliphatic carbocycles. The predicted octanol–water partition coefficient (Wildman–Crippen LogP) is 3.89. The molecule has 0 spiro atoms. The zero-order valence-corrected chi connectivity index (χ0v) is 19.6. The SMILES string of the molecule is CS(=O)(=O)c1ccc(NC(=O)N2CCC(C(=O)C(=N)Nc3ccc(F)c(Br)c3)CC2)cc1. The Morgan fingerprint density at radius 1 is 1.06 bits per heavy atom. The van der Waals surface area contributed by atoms with E-state index in [0.29, 0.717) is 37.3 Å². The van der Waals surface area contributed by atoms with E-state index in [2.05, 4.69) is 26.6 Å². The van der Waals surface area contributed by atoms with Crippen molar-refractivity contribution in [2.45, 2.75) is 17.7 Å². The maximum Gasteiger partial charge on any atom is 0.321 e. The first-order valence-corrected chi connectivity index (χ1v) is 12.4. The van der Waals surface area contributed by atoms with Gasteiger partial charge in [-0.05, 0) is 71.2 Å². The molecule has 1 aliphatic heterocycles. The van der Waals surface area contributed by atoms with E-state index >= 15 is 0 Å². The van der Waals surface area contributed by atoms with Crippen LogP contribution in [0.3, 0.4) is 0 Å². The average Bonchev–Trinajstić information content (AvgIpc) is 2.75. The number of nitrogens with one attached hydrogen (secondary N) is 3. The van der Waals surface area contributed by atoms with Crippen LogP contribution in [0.25, 0.3) is 0 Å². The van der Waals surface area contributed by atoms with Gasteiger partial charge in [0.2, 0.25) is 5.78 Å². The van der Waals surface area contributed by atoms with Crippen LogP contribution in [0.15, 0.2) is 51.8 Å². The smallest absolute Gasteiger partial charge is 0.321 e. The molecule has 1 fully saturated rings. The molecular weight excluding hydrogens is 503 g/mol. The van der Waals surface area contributed by atoms with Crippen molar-refractivity contribution in [3.63, 3.8) is 0 Å². The van der Waals surface area contributed by atoms with Crippen LogP contribution in [0.5, 0.6) is 0 Å². The van der Waals surface area contributed by atoms with Crippen LogP contribution in [-0.4, -0.2) is 50.3 Å². The number of nitrogens with zero attached hydrogens (tertiary/aromatic N) is 1. The number of piperidine rings is 1. The highest BCUT2D eigenvalue weighted by molar-refractivity contribution is 9.10. The van der Waals surface area contributed by atoms with E-state index in [0.717, 1.165) is 6.26 Å². The van der Waals surface area contributed by atoms with Gasteiger partial charge >= 0.3 is 6.03 Å². The minimum absolute atomic E-state index is 0.166. The lowest BCUT2D eigenvalue weighted by Gasteiger charge is -2.31. The highest BCUT2D eigenvalue weighted by Crippen LogP contribution is 2.23. The number of Topliss-reactive ketones (excluding diaryl/α,β-unsaturated/α-hetero) is 1. The molecule has 0 aromatic heterocycles. The van der Waals surface area contributed by atoms with Crippen LogP contribution in [0.2, 0.25) is 0 Å². The van der Waals surface area contributed by atoms with Crippen molar-refractivity contribution < 1.29 is 22.4 Å². The predicted molar refractivity (Wildman–Crippen MR) is 123 cm³/mol. The largest absolute Gasteiger partial charge is 0.338 e. The van der Waals surface area contributed by atoms with E-state index in [9.17, 15) is 22.4 Å². The first kappa shape index (κ1) is 23.9. The molecule has 11 heteroatoms. The second kappa shape index (κ2) is 9.78. The Bertz CT molecular complexity index is 1150. The van der Waals surface area contributed by atoms with Gasteiger partial charge in [0.05, 0.1) is 9.37 Å². The van der Waals surface area contributed by atoms with Crippen LogP contribution in [-0.2, 0) is 14.6 Å². The monoisotopic (exact) mass is 524 g/mol. The molecule has 0 atom stereocenters. The number of halogens is 2. The van der Waals surface area contributed by atoms with Crippen molar-refractivity contribution in [2.24, 2.45) is 5.92 Å². The molecule has 0 radical (unpaired) electrons. The fraction of sp³-hybridized carbons (Fsp3) is 0.286. The average molecular weight is 525 g/mol. The maximum atomic E-state index is 13.3. The lowest BCUT2D eigenvalue weighted by molar-refractivity contribution is -0.117. The van der Waals surface area contributed by atoms with E-state index in [4.69, 9.17) is 5.41 Å². The van der Waals surface area contributed by atoms with Gasteiger partial charge in [-0.2, -0.15) is 0 Å². The number of urea groups is 1. The van der Waals surface area contributed by atoms with E-state index in [1.807, 2.05) is 0 Å². The van der Waals surface area contributed by atoms with Crippen LogP contribution < -0.4 is 10.6 Å². The summed E-state index contributed by atoms with van der Waals surface area (Å²) in [7, 11) is -3.31. The third-order valence-corrected chi connectivity index (χ3v) is 6.86. The van der Waals surface area contributed by atoms with Gasteiger partial charge in [-0.25, -0.2) is 17.6 Å². The standard InChI is InChI=1S/C21H22BrFN4O4S/c1-32(30,31)16-5-2-14(3-6-16)26-21(29)27-10-8-13(9-11-27)19(28)20(24)25-15-4-7-18(23)17(22)12-15/h2-7,12-13H,8-11H2,1H3,(H2,24,25)(H,26,29). The molecular formula is C21H22BrFN4O4S. The Balaban J connectivity index is 1.51. The van der Waals surface area contributed by atoms with Gasteiger partial charge in [-0.3, -0.25) is 10.2 Å². The summed E-state index contributed by atoms with van der Waals surface area (Å²) in [5.41, 5.74) is 0.896. The third-order valence-electron chi connectivity index (χ3n) is 5.12. The number of hydrogen-bond acceptors (Lipinski definition) is 5. The summed E-state index contributed by atoms with van der Waals surface area (Å²) in [6.45, 7) is 0.693. The number of carbonyl (C=O) groups excluding carboxylic acids is 2. The molecule has 1 saturated heterocycles. The summed E-state index contributed by atoms with van der Waals surface area (Å²) in [4.78, 5) is 26.8. The van der Waals surface area contributed by atoms with Crippen molar-refractivity contribution >= 4 is 54.8 Å². The van der Waals surface area contributed by atoms with Crippen LogP contribution >= 0.6 is 15.9 Å². The van der Waals surface area contributed by atoms with Crippen molar-refractivity contribution in [2.75, 3.05) is 30.0 Å². The first-order valence-electron chi connectivity index (χ1n) is 9.75. The van der Waals surface area contributed by atoms with Gasteiger partial charge < -0.3 is 15.5 Å². The van der Waals surface area contributed by atoms with Gasteiger partial charge in [0.15, 0.2) is 15.7 Å². The highest BCUT2D eigenvalue weighted by atomic mass is 79.9. The summed E-state index contributed by atoms with van der Waals surface area (Å²) < 4.78 is 36.6. The molecule has 1 heterocycles. The van der Waals surface area contributed by atoms with Gasteiger partial charge in [-0.1, -0.05) is 0 Å². The van der Waals surface area contributed by atoms with Crippen molar-refractivity contribution in [3.8, 4) is 0 Å². The molecule has 3 rings (SSSR count). The van der Waals surface area contributed by atoms with Crippen LogP contribution in [0.1, 0.15) is 12.8 Å². The van der Waals surface area contributed by atoms with E-state index in [1.165, 1.54) is 42.5 Å². The Kier molecular flexibility index (Phi) is 7.29. The molecule has 170 valence electrons. The Labute approximate surface area is 193 Å². The van der Waals surface area contributed by atoms with Gasteiger partial charge in [0, 0.05) is 36.6 Å². The molecule has 32 heavy (non-hydrogen) atoms. The van der Waals surface area contributed by atoms with Crippen LogP contribution in [0.4, 0.5) is 20.6 Å². The molecule has 2 amide bonds. The second-order valence-electron chi connectivity index (χ2n) is 7.48. The minimum atomic E-state index is -3.31. The highest BCUT2D eigenvalue weighted by Gasteiger charge is 2.29. The topological polar surface area (TPSA) is 119 Å². The van der Waals surface area contributed by atoms with E-state index < -0.39 is 21.6 Å². The number of rotatable bonds is 5. The van der Waals surface area contributed by atoms with E-state index in [-0.39, 0.29) is 27.0 Å². The number of amides is 2. The lowest BCUT2D eigenvalue weighted by Crippen LogP contribution is -2.44. The van der Waals surface area contributed by atoms with E-state index in [1.54, 1.807) is 4.90 Å². The number of amidine groups is 1. The Hall–Kier alpha value is -2.79.